The fraction of sp³-hybridized carbons (Fsp3) is 0.520. The number of piperidine rings is 1. The van der Waals surface area contributed by atoms with Gasteiger partial charge in [-0.05, 0) is 60.4 Å². The van der Waals surface area contributed by atoms with E-state index in [-0.39, 0.29) is 5.41 Å². The smallest absolute Gasteiger partial charge is 0.115 e. The van der Waals surface area contributed by atoms with E-state index in [4.69, 9.17) is 0 Å². The number of piperazine rings is 1. The van der Waals surface area contributed by atoms with Crippen LogP contribution in [0.4, 0.5) is 0 Å². The highest BCUT2D eigenvalue weighted by Crippen LogP contribution is 2.43. The van der Waals surface area contributed by atoms with Gasteiger partial charge in [0.1, 0.15) is 5.75 Å². The van der Waals surface area contributed by atoms with Crippen LogP contribution in [-0.2, 0) is 11.8 Å². The van der Waals surface area contributed by atoms with Crippen molar-refractivity contribution in [3.8, 4) is 5.75 Å². The predicted molar refractivity (Wildman–Crippen MR) is 116 cm³/mol. The van der Waals surface area contributed by atoms with Crippen LogP contribution in [-0.4, -0.2) is 53.7 Å². The molecule has 2 aliphatic rings. The lowest BCUT2D eigenvalue weighted by Crippen LogP contribution is -2.61. The lowest BCUT2D eigenvalue weighted by molar-refractivity contribution is -0.00334. The molecule has 2 saturated heterocycles. The second-order valence-electron chi connectivity index (χ2n) is 9.11. The molecule has 3 unspecified atom stereocenters. The Morgan fingerprint density at radius 3 is 2.64 bits per heavy atom. The van der Waals surface area contributed by atoms with Crippen LogP contribution in [0.5, 0.6) is 5.75 Å². The van der Waals surface area contributed by atoms with E-state index >= 15 is 0 Å². The van der Waals surface area contributed by atoms with Gasteiger partial charge in [0.05, 0.1) is 0 Å². The van der Waals surface area contributed by atoms with Crippen LogP contribution in [0, 0.1) is 5.92 Å². The number of fused-ring (bicyclic) bond motifs is 1. The molecule has 28 heavy (non-hydrogen) atoms. The molecule has 1 N–H and O–H groups in total. The van der Waals surface area contributed by atoms with Crippen molar-refractivity contribution in [2.75, 3.05) is 32.7 Å². The van der Waals surface area contributed by atoms with Crippen molar-refractivity contribution in [3.63, 3.8) is 0 Å². The number of hydrogen-bond acceptors (Lipinski definition) is 3. The molecule has 4 rings (SSSR count). The van der Waals surface area contributed by atoms with E-state index in [2.05, 4.69) is 60.0 Å². The number of rotatable bonds is 5. The molecule has 0 spiro atoms. The first kappa shape index (κ1) is 19.5. The van der Waals surface area contributed by atoms with Gasteiger partial charge in [-0.15, -0.1) is 0 Å². The minimum absolute atomic E-state index is 0.132. The van der Waals surface area contributed by atoms with Crippen LogP contribution < -0.4 is 0 Å². The molecule has 2 heterocycles. The lowest BCUT2D eigenvalue weighted by Gasteiger charge is -2.53. The summed E-state index contributed by atoms with van der Waals surface area (Å²) in [4.78, 5) is 5.38. The Morgan fingerprint density at radius 1 is 1.04 bits per heavy atom. The van der Waals surface area contributed by atoms with Crippen molar-refractivity contribution in [3.05, 3.63) is 65.7 Å². The second-order valence-corrected chi connectivity index (χ2v) is 9.11. The van der Waals surface area contributed by atoms with Crippen LogP contribution >= 0.6 is 0 Å². The summed E-state index contributed by atoms with van der Waals surface area (Å²) in [6.45, 7) is 10.7. The number of phenols is 1. The van der Waals surface area contributed by atoms with Gasteiger partial charge in [-0.3, -0.25) is 4.90 Å². The van der Waals surface area contributed by atoms with E-state index in [1.54, 1.807) is 6.07 Å². The molecule has 0 aromatic heterocycles. The highest BCUT2D eigenvalue weighted by atomic mass is 16.3. The van der Waals surface area contributed by atoms with Crippen molar-refractivity contribution in [1.29, 1.82) is 0 Å². The Hall–Kier alpha value is -1.84. The topological polar surface area (TPSA) is 26.7 Å². The van der Waals surface area contributed by atoms with E-state index in [1.807, 2.05) is 12.1 Å². The van der Waals surface area contributed by atoms with E-state index in [0.717, 1.165) is 6.54 Å². The molecular weight excluding hydrogens is 344 g/mol. The Morgan fingerprint density at radius 2 is 1.86 bits per heavy atom. The van der Waals surface area contributed by atoms with Crippen molar-refractivity contribution in [1.82, 2.24) is 9.80 Å². The zero-order valence-electron chi connectivity index (χ0n) is 17.3. The molecule has 0 radical (unpaired) electrons. The quantitative estimate of drug-likeness (QED) is 0.840. The summed E-state index contributed by atoms with van der Waals surface area (Å²) in [7, 11) is 0. The third-order valence-electron chi connectivity index (χ3n) is 7.23. The first-order valence-corrected chi connectivity index (χ1v) is 10.8. The van der Waals surface area contributed by atoms with Crippen molar-refractivity contribution < 1.29 is 5.11 Å². The third kappa shape index (κ3) is 4.11. The average molecular weight is 379 g/mol. The van der Waals surface area contributed by atoms with Crippen molar-refractivity contribution in [2.45, 2.75) is 44.6 Å². The largest absolute Gasteiger partial charge is 0.508 e. The van der Waals surface area contributed by atoms with Gasteiger partial charge in [-0.1, -0.05) is 56.3 Å². The third-order valence-corrected chi connectivity index (χ3v) is 7.23. The molecule has 3 heteroatoms. The SMILES string of the molecule is CC1CN2CCN(CCCc3ccccc3)CC2CC1(C)c1cccc(O)c1. The standard InChI is InChI=1S/C25H34N2O/c1-20-18-27-15-14-26(13-7-10-21-8-4-3-5-9-21)19-23(27)17-25(20,2)22-11-6-12-24(28)16-22/h3-6,8-9,11-12,16,20,23,28H,7,10,13-15,17-19H2,1-2H3. The summed E-state index contributed by atoms with van der Waals surface area (Å²) in [5, 5.41) is 9.99. The van der Waals surface area contributed by atoms with E-state index in [1.165, 1.54) is 56.6 Å². The molecule has 2 aromatic rings. The molecule has 0 aliphatic carbocycles. The number of aromatic hydroxyl groups is 1. The molecule has 0 amide bonds. The van der Waals surface area contributed by atoms with Crippen LogP contribution in [0.3, 0.4) is 0 Å². The maximum absolute atomic E-state index is 9.99. The van der Waals surface area contributed by atoms with Gasteiger partial charge in [-0.25, -0.2) is 0 Å². The van der Waals surface area contributed by atoms with Crippen LogP contribution in [0.25, 0.3) is 0 Å². The fourth-order valence-corrected chi connectivity index (χ4v) is 5.25. The highest BCUT2D eigenvalue weighted by Gasteiger charge is 2.44. The van der Waals surface area contributed by atoms with E-state index in [9.17, 15) is 5.11 Å². The molecule has 3 nitrogen and oxygen atoms in total. The lowest BCUT2D eigenvalue weighted by atomic mass is 9.65. The zero-order chi connectivity index (χ0) is 19.6. The summed E-state index contributed by atoms with van der Waals surface area (Å²) in [6.07, 6.45) is 3.58. The summed E-state index contributed by atoms with van der Waals surface area (Å²) in [5.41, 5.74) is 2.87. The first-order chi connectivity index (χ1) is 13.5. The number of nitrogens with zero attached hydrogens (tertiary/aromatic N) is 2. The van der Waals surface area contributed by atoms with Gasteiger partial charge >= 0.3 is 0 Å². The Balaban J connectivity index is 1.38. The summed E-state index contributed by atoms with van der Waals surface area (Å²) >= 11 is 0. The van der Waals surface area contributed by atoms with E-state index in [0.29, 0.717) is 17.7 Å². The average Bonchev–Trinajstić information content (AvgIpc) is 2.70. The maximum Gasteiger partial charge on any atom is 0.115 e. The Bertz CT molecular complexity index is 777. The van der Waals surface area contributed by atoms with Crippen LogP contribution in [0.15, 0.2) is 54.6 Å². The number of benzene rings is 2. The zero-order valence-corrected chi connectivity index (χ0v) is 17.3. The van der Waals surface area contributed by atoms with Gasteiger partial charge < -0.3 is 10.0 Å². The molecule has 3 atom stereocenters. The summed E-state index contributed by atoms with van der Waals surface area (Å²) in [5.74, 6) is 0.981. The van der Waals surface area contributed by atoms with Gasteiger partial charge in [0, 0.05) is 32.2 Å². The number of phenolic OH excluding ortho intramolecular Hbond substituents is 1. The Labute approximate surface area is 170 Å². The van der Waals surface area contributed by atoms with Gasteiger partial charge in [0.2, 0.25) is 0 Å². The predicted octanol–water partition coefficient (Wildman–Crippen LogP) is 4.31. The maximum atomic E-state index is 9.99. The molecule has 2 fully saturated rings. The van der Waals surface area contributed by atoms with Crippen molar-refractivity contribution in [2.24, 2.45) is 5.92 Å². The van der Waals surface area contributed by atoms with E-state index < -0.39 is 0 Å². The molecule has 0 bridgehead atoms. The van der Waals surface area contributed by atoms with Gasteiger partial charge in [-0.2, -0.15) is 0 Å². The monoisotopic (exact) mass is 378 g/mol. The number of aryl methyl sites for hydroxylation is 1. The number of hydrogen-bond donors (Lipinski definition) is 1. The fourth-order valence-electron chi connectivity index (χ4n) is 5.25. The minimum Gasteiger partial charge on any atom is -0.508 e. The Kier molecular flexibility index (Phi) is 5.75. The normalized spacial score (nSPS) is 28.8. The molecule has 150 valence electrons. The second kappa shape index (κ2) is 8.26. The molecular formula is C25H34N2O. The minimum atomic E-state index is 0.132. The molecule has 2 aromatic carbocycles. The summed E-state index contributed by atoms with van der Waals surface area (Å²) < 4.78 is 0. The highest BCUT2D eigenvalue weighted by molar-refractivity contribution is 5.34. The molecule has 2 aliphatic heterocycles. The molecule has 0 saturated carbocycles. The van der Waals surface area contributed by atoms with Crippen molar-refractivity contribution >= 4 is 0 Å². The van der Waals surface area contributed by atoms with Crippen LogP contribution in [0.2, 0.25) is 0 Å². The summed E-state index contributed by atoms with van der Waals surface area (Å²) in [6, 6.07) is 19.4. The van der Waals surface area contributed by atoms with Crippen LogP contribution in [0.1, 0.15) is 37.8 Å². The first-order valence-electron chi connectivity index (χ1n) is 10.8. The van der Waals surface area contributed by atoms with Gasteiger partial charge in [0.15, 0.2) is 0 Å². The van der Waals surface area contributed by atoms with Gasteiger partial charge in [0.25, 0.3) is 0 Å².